The molecule has 3 rings (SSSR count). The molecule has 2 nitrogen and oxygen atoms in total. The summed E-state index contributed by atoms with van der Waals surface area (Å²) in [6.45, 7) is 2.98. The van der Waals surface area contributed by atoms with E-state index in [9.17, 15) is 4.39 Å². The second kappa shape index (κ2) is 5.69. The highest BCUT2D eigenvalue weighted by atomic mass is 19.1. The molecule has 1 saturated carbocycles. The molecule has 2 unspecified atom stereocenters. The fraction of sp³-hybridized carbons (Fsp3) is 0.667. The predicted molar refractivity (Wildman–Crippen MR) is 82.6 cm³/mol. The Kier molecular flexibility index (Phi) is 4.06. The number of hydrogen-bond donors (Lipinski definition) is 1. The van der Waals surface area contributed by atoms with E-state index >= 15 is 0 Å². The van der Waals surface area contributed by atoms with Gasteiger partial charge in [-0.15, -0.1) is 0 Å². The molecule has 116 valence electrons. The Labute approximate surface area is 126 Å². The van der Waals surface area contributed by atoms with Crippen molar-refractivity contribution in [2.45, 2.75) is 63.0 Å². The lowest BCUT2D eigenvalue weighted by molar-refractivity contribution is -0.103. The van der Waals surface area contributed by atoms with Crippen LogP contribution in [0.1, 0.15) is 51.0 Å². The van der Waals surface area contributed by atoms with Crippen LogP contribution in [-0.4, -0.2) is 17.7 Å². The molecule has 1 saturated heterocycles. The summed E-state index contributed by atoms with van der Waals surface area (Å²) in [5.41, 5.74) is 7.63. The zero-order valence-corrected chi connectivity index (χ0v) is 12.9. The Morgan fingerprint density at radius 2 is 1.95 bits per heavy atom. The predicted octanol–water partition coefficient (Wildman–Crippen LogP) is 3.83. The Hall–Kier alpha value is -0.930. The third-order valence-electron chi connectivity index (χ3n) is 5.44. The number of rotatable bonds is 3. The van der Waals surface area contributed by atoms with E-state index in [1.54, 1.807) is 0 Å². The van der Waals surface area contributed by atoms with Gasteiger partial charge in [0.05, 0.1) is 5.60 Å². The van der Waals surface area contributed by atoms with Gasteiger partial charge in [-0.2, -0.15) is 0 Å². The molecule has 1 aliphatic carbocycles. The van der Waals surface area contributed by atoms with Gasteiger partial charge in [-0.05, 0) is 62.6 Å². The zero-order valence-electron chi connectivity index (χ0n) is 12.9. The quantitative estimate of drug-likeness (QED) is 0.918. The second-order valence-electron chi connectivity index (χ2n) is 7.24. The maximum Gasteiger partial charge on any atom is 0.123 e. The molecular weight excluding hydrogens is 265 g/mol. The lowest BCUT2D eigenvalue weighted by Crippen LogP contribution is -2.52. The molecule has 0 bridgehead atoms. The van der Waals surface area contributed by atoms with Gasteiger partial charge in [0, 0.05) is 12.1 Å². The van der Waals surface area contributed by atoms with Crippen molar-refractivity contribution in [3.8, 4) is 0 Å². The highest BCUT2D eigenvalue weighted by Gasteiger charge is 2.44. The van der Waals surface area contributed by atoms with Crippen LogP contribution < -0.4 is 5.73 Å². The lowest BCUT2D eigenvalue weighted by Gasteiger charge is -2.45. The summed E-state index contributed by atoms with van der Waals surface area (Å²) in [6, 6.07) is 6.75. The van der Waals surface area contributed by atoms with Crippen LogP contribution in [0.4, 0.5) is 4.39 Å². The van der Waals surface area contributed by atoms with Crippen LogP contribution in [0.25, 0.3) is 0 Å². The van der Waals surface area contributed by atoms with Crippen molar-refractivity contribution in [2.24, 2.45) is 11.7 Å². The van der Waals surface area contributed by atoms with Gasteiger partial charge in [0.2, 0.25) is 0 Å². The minimum Gasteiger partial charge on any atom is -0.375 e. The molecule has 1 aromatic carbocycles. The molecule has 3 heteroatoms. The fourth-order valence-corrected chi connectivity index (χ4v) is 4.14. The van der Waals surface area contributed by atoms with Crippen molar-refractivity contribution in [2.75, 3.05) is 6.61 Å². The van der Waals surface area contributed by atoms with E-state index in [2.05, 4.69) is 6.92 Å². The van der Waals surface area contributed by atoms with Gasteiger partial charge < -0.3 is 10.5 Å². The minimum atomic E-state index is -0.253. The summed E-state index contributed by atoms with van der Waals surface area (Å²) in [5, 5.41) is 0. The van der Waals surface area contributed by atoms with Crippen LogP contribution in [0.3, 0.4) is 0 Å². The van der Waals surface area contributed by atoms with Crippen LogP contribution in [0.5, 0.6) is 0 Å². The SMILES string of the molecule is CC(N)(Cc1ccc(F)cc1)C1CCOC2(CCCC2)C1. The van der Waals surface area contributed by atoms with Gasteiger partial charge in [0.25, 0.3) is 0 Å². The van der Waals surface area contributed by atoms with Crippen molar-refractivity contribution in [3.63, 3.8) is 0 Å². The average molecular weight is 291 g/mol. The number of halogens is 1. The second-order valence-corrected chi connectivity index (χ2v) is 7.24. The highest BCUT2D eigenvalue weighted by Crippen LogP contribution is 2.44. The number of benzene rings is 1. The third kappa shape index (κ3) is 3.29. The van der Waals surface area contributed by atoms with Crippen molar-refractivity contribution in [1.82, 2.24) is 0 Å². The first kappa shape index (κ1) is 15.0. The van der Waals surface area contributed by atoms with Gasteiger partial charge in [0.1, 0.15) is 5.82 Å². The number of nitrogens with two attached hydrogens (primary N) is 1. The van der Waals surface area contributed by atoms with Crippen LogP contribution >= 0.6 is 0 Å². The van der Waals surface area contributed by atoms with Crippen molar-refractivity contribution in [1.29, 1.82) is 0 Å². The Morgan fingerprint density at radius 3 is 2.62 bits per heavy atom. The van der Waals surface area contributed by atoms with E-state index in [4.69, 9.17) is 10.5 Å². The monoisotopic (exact) mass is 291 g/mol. The lowest BCUT2D eigenvalue weighted by atomic mass is 9.72. The first-order chi connectivity index (χ1) is 9.99. The average Bonchev–Trinajstić information content (AvgIpc) is 2.89. The Balaban J connectivity index is 1.70. The van der Waals surface area contributed by atoms with Crippen molar-refractivity contribution < 1.29 is 9.13 Å². The molecule has 1 heterocycles. The molecule has 0 amide bonds. The van der Waals surface area contributed by atoms with E-state index < -0.39 is 0 Å². The van der Waals surface area contributed by atoms with E-state index in [1.165, 1.54) is 37.8 Å². The summed E-state index contributed by atoms with van der Waals surface area (Å²) in [7, 11) is 0. The summed E-state index contributed by atoms with van der Waals surface area (Å²) in [6.07, 6.45) is 7.87. The standard InChI is InChI=1S/C18H26FNO/c1-17(20,12-14-4-6-16(19)7-5-14)15-8-11-21-18(13-15)9-2-3-10-18/h4-7,15H,2-3,8-13,20H2,1H3. The fourth-order valence-electron chi connectivity index (χ4n) is 4.14. The van der Waals surface area contributed by atoms with E-state index in [0.717, 1.165) is 31.4 Å². The van der Waals surface area contributed by atoms with Gasteiger partial charge in [-0.1, -0.05) is 25.0 Å². The molecule has 2 atom stereocenters. The van der Waals surface area contributed by atoms with Gasteiger partial charge >= 0.3 is 0 Å². The molecule has 0 radical (unpaired) electrons. The molecule has 1 aliphatic heterocycles. The van der Waals surface area contributed by atoms with Crippen molar-refractivity contribution in [3.05, 3.63) is 35.6 Å². The Morgan fingerprint density at radius 1 is 1.29 bits per heavy atom. The number of hydrogen-bond acceptors (Lipinski definition) is 2. The normalized spacial score (nSPS) is 27.7. The minimum absolute atomic E-state index is 0.104. The number of ether oxygens (including phenoxy) is 1. The van der Waals surface area contributed by atoms with Gasteiger partial charge in [0.15, 0.2) is 0 Å². The third-order valence-corrected chi connectivity index (χ3v) is 5.44. The molecular formula is C18H26FNO. The van der Waals surface area contributed by atoms with Gasteiger partial charge in [-0.3, -0.25) is 0 Å². The van der Waals surface area contributed by atoms with Gasteiger partial charge in [-0.25, -0.2) is 4.39 Å². The molecule has 2 N–H and O–H groups in total. The molecule has 21 heavy (non-hydrogen) atoms. The Bertz CT molecular complexity index is 476. The molecule has 1 spiro atoms. The zero-order chi connectivity index (χ0) is 14.9. The molecule has 2 fully saturated rings. The maximum atomic E-state index is 13.0. The van der Waals surface area contributed by atoms with Crippen LogP contribution in [0, 0.1) is 11.7 Å². The topological polar surface area (TPSA) is 35.2 Å². The summed E-state index contributed by atoms with van der Waals surface area (Å²) >= 11 is 0. The largest absolute Gasteiger partial charge is 0.375 e. The van der Waals surface area contributed by atoms with Crippen molar-refractivity contribution >= 4 is 0 Å². The summed E-state index contributed by atoms with van der Waals surface area (Å²) < 4.78 is 19.1. The van der Waals surface area contributed by atoms with E-state index in [-0.39, 0.29) is 17.0 Å². The first-order valence-corrected chi connectivity index (χ1v) is 8.16. The molecule has 0 aromatic heterocycles. The summed E-state index contributed by atoms with van der Waals surface area (Å²) in [4.78, 5) is 0. The van der Waals surface area contributed by atoms with Crippen LogP contribution in [-0.2, 0) is 11.2 Å². The summed E-state index contributed by atoms with van der Waals surface area (Å²) in [5.74, 6) is 0.294. The molecule has 1 aromatic rings. The molecule has 2 aliphatic rings. The van der Waals surface area contributed by atoms with E-state index in [0.29, 0.717) is 5.92 Å². The van der Waals surface area contributed by atoms with Crippen LogP contribution in [0.2, 0.25) is 0 Å². The van der Waals surface area contributed by atoms with E-state index in [1.807, 2.05) is 12.1 Å². The highest BCUT2D eigenvalue weighted by molar-refractivity contribution is 5.19. The van der Waals surface area contributed by atoms with Crippen LogP contribution in [0.15, 0.2) is 24.3 Å². The maximum absolute atomic E-state index is 13.0. The smallest absolute Gasteiger partial charge is 0.123 e. The first-order valence-electron chi connectivity index (χ1n) is 8.16.